The number of H-pyrrole nitrogens is 1. The predicted octanol–water partition coefficient (Wildman–Crippen LogP) is 3.27. The lowest BCUT2D eigenvalue weighted by atomic mass is 10.0. The molecule has 0 saturated carbocycles. The van der Waals surface area contributed by atoms with Gasteiger partial charge < -0.3 is 15.0 Å². The van der Waals surface area contributed by atoms with E-state index in [0.717, 1.165) is 16.5 Å². The molecule has 6 heteroatoms. The van der Waals surface area contributed by atoms with Gasteiger partial charge in [-0.2, -0.15) is 0 Å². The van der Waals surface area contributed by atoms with Crippen molar-refractivity contribution in [3.05, 3.63) is 60.0 Å². The monoisotopic (exact) mass is 340 g/mol. The summed E-state index contributed by atoms with van der Waals surface area (Å²) in [7, 11) is 1.27. The molecule has 0 spiro atoms. The molecule has 5 nitrogen and oxygen atoms in total. The number of methoxy groups -OCH3 is 1. The number of hydrogen-bond acceptors (Lipinski definition) is 3. The second-order valence-electron chi connectivity index (χ2n) is 5.69. The molecule has 2 aromatic carbocycles. The smallest absolute Gasteiger partial charge is 0.328 e. The number of amides is 1. The first-order valence-corrected chi connectivity index (χ1v) is 7.75. The number of ether oxygens (including phenoxy) is 1. The minimum atomic E-state index is -0.722. The van der Waals surface area contributed by atoms with Crippen molar-refractivity contribution in [2.45, 2.75) is 13.0 Å². The number of halogens is 1. The van der Waals surface area contributed by atoms with Gasteiger partial charge >= 0.3 is 5.97 Å². The standard InChI is InChI=1S/C19H17FN2O3/c1-11(19(24)25-2)22-18(23)13-5-3-12(4-6-13)16-10-21-17-9-14(20)7-8-15(16)17/h3-11,21H,1-2H3,(H,22,23)/t11-/m1/s1. The van der Waals surface area contributed by atoms with Gasteiger partial charge in [-0.3, -0.25) is 4.79 Å². The van der Waals surface area contributed by atoms with Gasteiger partial charge in [0.1, 0.15) is 11.9 Å². The Bertz CT molecular complexity index is 931. The zero-order chi connectivity index (χ0) is 18.0. The number of hydrogen-bond donors (Lipinski definition) is 2. The van der Waals surface area contributed by atoms with Crippen LogP contribution in [-0.4, -0.2) is 30.0 Å². The molecule has 1 aromatic heterocycles. The van der Waals surface area contributed by atoms with Gasteiger partial charge in [-0.1, -0.05) is 12.1 Å². The number of nitrogens with one attached hydrogen (secondary N) is 2. The van der Waals surface area contributed by atoms with Gasteiger partial charge in [0.05, 0.1) is 7.11 Å². The second-order valence-corrected chi connectivity index (χ2v) is 5.69. The van der Waals surface area contributed by atoms with Crippen molar-refractivity contribution in [1.82, 2.24) is 10.3 Å². The summed E-state index contributed by atoms with van der Waals surface area (Å²) in [6.07, 6.45) is 1.80. The molecule has 0 aliphatic heterocycles. The summed E-state index contributed by atoms with van der Waals surface area (Å²) in [6, 6.07) is 10.8. The molecule has 0 radical (unpaired) electrons. The summed E-state index contributed by atoms with van der Waals surface area (Å²) in [5.41, 5.74) is 2.97. The Hall–Kier alpha value is -3.15. The van der Waals surface area contributed by atoms with E-state index >= 15 is 0 Å². The molecule has 0 bridgehead atoms. The van der Waals surface area contributed by atoms with E-state index < -0.39 is 12.0 Å². The first-order valence-electron chi connectivity index (χ1n) is 7.75. The van der Waals surface area contributed by atoms with Gasteiger partial charge in [0, 0.05) is 28.2 Å². The predicted molar refractivity (Wildman–Crippen MR) is 92.6 cm³/mol. The van der Waals surface area contributed by atoms with Crippen LogP contribution in [0.25, 0.3) is 22.0 Å². The number of aromatic amines is 1. The van der Waals surface area contributed by atoms with Crippen LogP contribution in [0.1, 0.15) is 17.3 Å². The van der Waals surface area contributed by atoms with E-state index in [9.17, 15) is 14.0 Å². The number of carbonyl (C=O) groups is 2. The number of benzene rings is 2. The van der Waals surface area contributed by atoms with Gasteiger partial charge in [0.2, 0.25) is 0 Å². The van der Waals surface area contributed by atoms with Crippen molar-refractivity contribution in [3.63, 3.8) is 0 Å². The molecule has 128 valence electrons. The van der Waals surface area contributed by atoms with E-state index in [1.54, 1.807) is 31.3 Å². The molecule has 0 fully saturated rings. The topological polar surface area (TPSA) is 71.2 Å². The zero-order valence-corrected chi connectivity index (χ0v) is 13.8. The minimum Gasteiger partial charge on any atom is -0.467 e. The highest BCUT2D eigenvalue weighted by molar-refractivity contribution is 5.99. The lowest BCUT2D eigenvalue weighted by Gasteiger charge is -2.11. The van der Waals surface area contributed by atoms with Crippen LogP contribution < -0.4 is 5.32 Å². The molecule has 2 N–H and O–H groups in total. The Kier molecular flexibility index (Phi) is 4.52. The van der Waals surface area contributed by atoms with E-state index in [-0.39, 0.29) is 11.7 Å². The van der Waals surface area contributed by atoms with E-state index in [4.69, 9.17) is 0 Å². The quantitative estimate of drug-likeness (QED) is 0.716. The van der Waals surface area contributed by atoms with Crippen molar-refractivity contribution in [2.24, 2.45) is 0 Å². The molecular formula is C19H17FN2O3. The molecule has 3 rings (SSSR count). The number of esters is 1. The third-order valence-corrected chi connectivity index (χ3v) is 4.00. The Morgan fingerprint density at radius 1 is 1.16 bits per heavy atom. The van der Waals surface area contributed by atoms with Crippen LogP contribution in [0.15, 0.2) is 48.7 Å². The van der Waals surface area contributed by atoms with Crippen LogP contribution in [0.5, 0.6) is 0 Å². The number of fused-ring (bicyclic) bond motifs is 1. The summed E-state index contributed by atoms with van der Waals surface area (Å²) in [5, 5.41) is 3.48. The van der Waals surface area contributed by atoms with E-state index in [2.05, 4.69) is 15.0 Å². The first kappa shape index (κ1) is 16.7. The van der Waals surface area contributed by atoms with Crippen LogP contribution in [-0.2, 0) is 9.53 Å². The van der Waals surface area contributed by atoms with Crippen LogP contribution in [0.4, 0.5) is 4.39 Å². The molecule has 1 amide bonds. The summed E-state index contributed by atoms with van der Waals surface area (Å²) in [5.74, 6) is -1.16. The van der Waals surface area contributed by atoms with E-state index in [1.165, 1.54) is 19.2 Å². The highest BCUT2D eigenvalue weighted by Gasteiger charge is 2.17. The van der Waals surface area contributed by atoms with Gasteiger partial charge in [-0.05, 0) is 42.8 Å². The fourth-order valence-electron chi connectivity index (χ4n) is 2.65. The lowest BCUT2D eigenvalue weighted by Crippen LogP contribution is -2.39. The maximum Gasteiger partial charge on any atom is 0.328 e. The van der Waals surface area contributed by atoms with Crippen LogP contribution in [0.2, 0.25) is 0 Å². The fourth-order valence-corrected chi connectivity index (χ4v) is 2.65. The van der Waals surface area contributed by atoms with Crippen LogP contribution in [0.3, 0.4) is 0 Å². The van der Waals surface area contributed by atoms with Crippen molar-refractivity contribution in [2.75, 3.05) is 7.11 Å². The Morgan fingerprint density at radius 3 is 2.56 bits per heavy atom. The molecule has 0 saturated heterocycles. The molecule has 1 atom stereocenters. The van der Waals surface area contributed by atoms with Gasteiger partial charge in [0.25, 0.3) is 5.91 Å². The zero-order valence-electron chi connectivity index (χ0n) is 13.8. The first-order chi connectivity index (χ1) is 12.0. The fraction of sp³-hybridized carbons (Fsp3) is 0.158. The third kappa shape index (κ3) is 3.38. The van der Waals surface area contributed by atoms with Crippen molar-refractivity contribution < 1.29 is 18.7 Å². The summed E-state index contributed by atoms with van der Waals surface area (Å²) in [6.45, 7) is 1.56. The van der Waals surface area contributed by atoms with E-state index in [1.807, 2.05) is 12.1 Å². The molecule has 0 unspecified atom stereocenters. The maximum absolute atomic E-state index is 13.3. The van der Waals surface area contributed by atoms with Crippen LogP contribution in [0, 0.1) is 5.82 Å². The number of aromatic nitrogens is 1. The molecule has 0 aliphatic carbocycles. The summed E-state index contributed by atoms with van der Waals surface area (Å²) < 4.78 is 17.9. The molecule has 1 heterocycles. The molecule has 25 heavy (non-hydrogen) atoms. The molecular weight excluding hydrogens is 323 g/mol. The Labute approximate surface area is 143 Å². The lowest BCUT2D eigenvalue weighted by molar-refractivity contribution is -0.142. The molecule has 3 aromatic rings. The van der Waals surface area contributed by atoms with Crippen LogP contribution >= 0.6 is 0 Å². The second kappa shape index (κ2) is 6.76. The van der Waals surface area contributed by atoms with Gasteiger partial charge in [0.15, 0.2) is 0 Å². The van der Waals surface area contributed by atoms with Crippen molar-refractivity contribution >= 4 is 22.8 Å². The highest BCUT2D eigenvalue weighted by Crippen LogP contribution is 2.29. The normalized spacial score (nSPS) is 12.0. The Balaban J connectivity index is 1.82. The van der Waals surface area contributed by atoms with Crippen molar-refractivity contribution in [1.29, 1.82) is 0 Å². The van der Waals surface area contributed by atoms with E-state index in [0.29, 0.717) is 11.1 Å². The van der Waals surface area contributed by atoms with Gasteiger partial charge in [-0.15, -0.1) is 0 Å². The SMILES string of the molecule is COC(=O)[C@@H](C)NC(=O)c1ccc(-c2c[nH]c3cc(F)ccc23)cc1. The summed E-state index contributed by atoms with van der Waals surface area (Å²) >= 11 is 0. The third-order valence-electron chi connectivity index (χ3n) is 4.00. The average molecular weight is 340 g/mol. The Morgan fingerprint density at radius 2 is 1.88 bits per heavy atom. The number of rotatable bonds is 4. The largest absolute Gasteiger partial charge is 0.467 e. The highest BCUT2D eigenvalue weighted by atomic mass is 19.1. The van der Waals surface area contributed by atoms with Crippen molar-refractivity contribution in [3.8, 4) is 11.1 Å². The van der Waals surface area contributed by atoms with Gasteiger partial charge in [-0.25, -0.2) is 9.18 Å². The molecule has 0 aliphatic rings. The summed E-state index contributed by atoms with van der Waals surface area (Å²) in [4.78, 5) is 26.6. The number of carbonyl (C=O) groups excluding carboxylic acids is 2. The minimum absolute atomic E-state index is 0.298. The maximum atomic E-state index is 13.3. The average Bonchev–Trinajstić information content (AvgIpc) is 3.03.